The summed E-state index contributed by atoms with van der Waals surface area (Å²) < 4.78 is 0. The second-order valence-electron chi connectivity index (χ2n) is 6.85. The molecule has 1 atom stereocenters. The van der Waals surface area contributed by atoms with Crippen LogP contribution in [-0.2, 0) is 6.54 Å². The summed E-state index contributed by atoms with van der Waals surface area (Å²) in [6.45, 7) is 11.8. The Hall–Kier alpha value is -0.280. The molecule has 0 amide bonds. The molecule has 154 valence electrons. The van der Waals surface area contributed by atoms with Crippen molar-refractivity contribution in [3.05, 3.63) is 33.8 Å². The highest BCUT2D eigenvalue weighted by Gasteiger charge is 2.20. The molecule has 1 saturated heterocycles. The number of aliphatic imine (C=N–C) groups is 1. The van der Waals surface area contributed by atoms with Gasteiger partial charge in [0, 0.05) is 59.4 Å². The molecule has 2 rings (SSSR count). The first kappa shape index (κ1) is 24.8. The minimum Gasteiger partial charge on any atom is -0.355 e. The van der Waals surface area contributed by atoms with Crippen LogP contribution in [0.2, 0.25) is 10.0 Å². The number of rotatable bonds is 6. The summed E-state index contributed by atoms with van der Waals surface area (Å²) in [6, 6.07) is 6.21. The molecular weight excluding hydrogens is 496 g/mol. The second kappa shape index (κ2) is 12.3. The first-order valence-corrected chi connectivity index (χ1v) is 10.0. The summed E-state index contributed by atoms with van der Waals surface area (Å²) in [4.78, 5) is 11.6. The van der Waals surface area contributed by atoms with Crippen molar-refractivity contribution in [1.29, 1.82) is 0 Å². The minimum absolute atomic E-state index is 0. The zero-order valence-electron chi connectivity index (χ0n) is 16.7. The van der Waals surface area contributed by atoms with Crippen molar-refractivity contribution in [3.8, 4) is 0 Å². The highest BCUT2D eigenvalue weighted by atomic mass is 127. The van der Waals surface area contributed by atoms with Gasteiger partial charge in [-0.15, -0.1) is 24.0 Å². The number of benzene rings is 1. The van der Waals surface area contributed by atoms with Gasteiger partial charge in [-0.25, -0.2) is 0 Å². The summed E-state index contributed by atoms with van der Waals surface area (Å²) in [5, 5.41) is 4.66. The lowest BCUT2D eigenvalue weighted by atomic mass is 10.2. The Morgan fingerprint density at radius 2 is 1.89 bits per heavy atom. The number of halogens is 3. The van der Waals surface area contributed by atoms with Crippen molar-refractivity contribution < 1.29 is 0 Å². The van der Waals surface area contributed by atoms with E-state index in [0.29, 0.717) is 16.1 Å². The predicted octanol–water partition coefficient (Wildman–Crippen LogP) is 3.64. The molecule has 5 nitrogen and oxygen atoms in total. The van der Waals surface area contributed by atoms with Crippen LogP contribution in [0.25, 0.3) is 0 Å². The molecule has 8 heteroatoms. The van der Waals surface area contributed by atoms with Crippen LogP contribution in [0.15, 0.2) is 23.2 Å². The monoisotopic (exact) mass is 527 g/mol. The fraction of sp³-hybridized carbons (Fsp3) is 0.632. The second-order valence-corrected chi connectivity index (χ2v) is 7.67. The van der Waals surface area contributed by atoms with Crippen molar-refractivity contribution in [1.82, 2.24) is 20.0 Å². The lowest BCUT2D eigenvalue weighted by molar-refractivity contribution is 0.107. The maximum Gasteiger partial charge on any atom is 0.193 e. The van der Waals surface area contributed by atoms with Gasteiger partial charge in [-0.3, -0.25) is 9.89 Å². The third-order valence-electron chi connectivity index (χ3n) is 5.01. The van der Waals surface area contributed by atoms with Crippen LogP contribution in [0.3, 0.4) is 0 Å². The molecule has 1 heterocycles. The molecule has 0 aromatic heterocycles. The molecule has 0 radical (unpaired) electrons. The predicted molar refractivity (Wildman–Crippen MR) is 128 cm³/mol. The molecule has 27 heavy (non-hydrogen) atoms. The van der Waals surface area contributed by atoms with E-state index >= 15 is 0 Å². The van der Waals surface area contributed by atoms with Crippen LogP contribution < -0.4 is 5.32 Å². The van der Waals surface area contributed by atoms with Crippen molar-refractivity contribution >= 4 is 53.1 Å². The van der Waals surface area contributed by atoms with E-state index in [0.717, 1.165) is 57.3 Å². The largest absolute Gasteiger partial charge is 0.355 e. The van der Waals surface area contributed by atoms with E-state index in [9.17, 15) is 0 Å². The van der Waals surface area contributed by atoms with Crippen molar-refractivity contribution in [2.24, 2.45) is 4.99 Å². The van der Waals surface area contributed by atoms with E-state index in [1.807, 2.05) is 32.3 Å². The Labute approximate surface area is 191 Å². The van der Waals surface area contributed by atoms with Gasteiger partial charge < -0.3 is 15.1 Å². The van der Waals surface area contributed by atoms with Crippen LogP contribution in [0, 0.1) is 0 Å². The molecule has 1 aliphatic heterocycles. The number of hydrogen-bond donors (Lipinski definition) is 1. The summed E-state index contributed by atoms with van der Waals surface area (Å²) in [5.74, 6) is 0.884. The van der Waals surface area contributed by atoms with E-state index in [2.05, 4.69) is 38.9 Å². The average Bonchev–Trinajstić information content (AvgIpc) is 2.65. The van der Waals surface area contributed by atoms with Gasteiger partial charge in [0.15, 0.2) is 5.96 Å². The van der Waals surface area contributed by atoms with E-state index in [4.69, 9.17) is 23.2 Å². The van der Waals surface area contributed by atoms with Gasteiger partial charge in [-0.2, -0.15) is 0 Å². The smallest absolute Gasteiger partial charge is 0.193 e. The number of likely N-dealkylation sites (N-methyl/N-ethyl adjacent to an activating group) is 1. The van der Waals surface area contributed by atoms with Crippen LogP contribution >= 0.6 is 47.2 Å². The normalized spacial score (nSPS) is 17.3. The van der Waals surface area contributed by atoms with Crippen molar-refractivity contribution in [2.45, 2.75) is 26.4 Å². The standard InChI is InChI=1S/C19H31Cl2N5.HI/c1-5-25-8-10-26(11-9-25)15(2)13-23-19(22-3)24(4)14-16-6-7-17(20)18(21)12-16;/h6-7,12,15H,5,8-11,13-14H2,1-4H3,(H,22,23);1H. The SMILES string of the molecule is CCN1CCN(C(C)CNC(=NC)N(C)Cc2ccc(Cl)c(Cl)c2)CC1.I. The fourth-order valence-electron chi connectivity index (χ4n) is 3.26. The Bertz CT molecular complexity index is 606. The molecule has 0 bridgehead atoms. The van der Waals surface area contributed by atoms with Gasteiger partial charge in [-0.1, -0.05) is 36.2 Å². The molecule has 0 aliphatic carbocycles. The Morgan fingerprint density at radius 3 is 2.44 bits per heavy atom. The van der Waals surface area contributed by atoms with Gasteiger partial charge in [0.25, 0.3) is 0 Å². The molecule has 0 spiro atoms. The summed E-state index contributed by atoms with van der Waals surface area (Å²) >= 11 is 12.1. The van der Waals surface area contributed by atoms with E-state index in [1.165, 1.54) is 0 Å². The van der Waals surface area contributed by atoms with Crippen LogP contribution in [0.4, 0.5) is 0 Å². The van der Waals surface area contributed by atoms with Crippen LogP contribution in [0.5, 0.6) is 0 Å². The van der Waals surface area contributed by atoms with Crippen molar-refractivity contribution in [3.63, 3.8) is 0 Å². The number of nitrogens with zero attached hydrogens (tertiary/aromatic N) is 4. The summed E-state index contributed by atoms with van der Waals surface area (Å²) in [6.07, 6.45) is 0. The van der Waals surface area contributed by atoms with E-state index in [1.54, 1.807) is 0 Å². The molecule has 0 saturated carbocycles. The van der Waals surface area contributed by atoms with Crippen LogP contribution in [0.1, 0.15) is 19.4 Å². The highest BCUT2D eigenvalue weighted by Crippen LogP contribution is 2.23. The first-order chi connectivity index (χ1) is 12.4. The third kappa shape index (κ3) is 7.57. The van der Waals surface area contributed by atoms with Gasteiger partial charge in [0.1, 0.15) is 0 Å². The lowest BCUT2D eigenvalue weighted by Gasteiger charge is -2.38. The number of nitrogens with one attached hydrogen (secondary N) is 1. The molecule has 1 aliphatic rings. The number of guanidine groups is 1. The topological polar surface area (TPSA) is 34.1 Å². The summed E-state index contributed by atoms with van der Waals surface area (Å²) in [5.41, 5.74) is 1.11. The van der Waals surface area contributed by atoms with Gasteiger partial charge in [-0.05, 0) is 31.2 Å². The zero-order valence-corrected chi connectivity index (χ0v) is 20.6. The number of hydrogen-bond acceptors (Lipinski definition) is 3. The summed E-state index contributed by atoms with van der Waals surface area (Å²) in [7, 11) is 3.85. The average molecular weight is 528 g/mol. The zero-order chi connectivity index (χ0) is 19.1. The first-order valence-electron chi connectivity index (χ1n) is 9.26. The number of piperazine rings is 1. The molecule has 1 aromatic rings. The molecular formula is C19H32Cl2IN5. The fourth-order valence-corrected chi connectivity index (χ4v) is 3.58. The highest BCUT2D eigenvalue weighted by molar-refractivity contribution is 14.0. The lowest BCUT2D eigenvalue weighted by Crippen LogP contribution is -2.53. The molecule has 1 aromatic carbocycles. The van der Waals surface area contributed by atoms with Crippen LogP contribution in [-0.4, -0.2) is 80.1 Å². The Kier molecular flexibility index (Phi) is 11.3. The Balaban J connectivity index is 0.00000364. The van der Waals surface area contributed by atoms with E-state index < -0.39 is 0 Å². The molecule has 1 N–H and O–H groups in total. The van der Waals surface area contributed by atoms with Crippen molar-refractivity contribution in [2.75, 3.05) is 53.4 Å². The molecule has 1 unspecified atom stereocenters. The third-order valence-corrected chi connectivity index (χ3v) is 5.75. The quantitative estimate of drug-likeness (QED) is 0.348. The van der Waals surface area contributed by atoms with E-state index in [-0.39, 0.29) is 24.0 Å². The minimum atomic E-state index is 0. The maximum atomic E-state index is 6.11. The van der Waals surface area contributed by atoms with Gasteiger partial charge in [0.2, 0.25) is 0 Å². The Morgan fingerprint density at radius 1 is 1.22 bits per heavy atom. The van der Waals surface area contributed by atoms with Gasteiger partial charge in [0.05, 0.1) is 10.0 Å². The molecule has 1 fully saturated rings. The maximum absolute atomic E-state index is 6.11. The van der Waals surface area contributed by atoms with Gasteiger partial charge >= 0.3 is 0 Å².